The van der Waals surface area contributed by atoms with Crippen LogP contribution >= 0.6 is 0 Å². The highest BCUT2D eigenvalue weighted by atomic mass is 16.5. The van der Waals surface area contributed by atoms with E-state index in [4.69, 9.17) is 4.74 Å². The summed E-state index contributed by atoms with van der Waals surface area (Å²) >= 11 is 0. The number of fused-ring (bicyclic) bond motifs is 1. The summed E-state index contributed by atoms with van der Waals surface area (Å²) in [4.78, 5) is 41.0. The molecule has 1 saturated heterocycles. The number of aliphatic hydroxyl groups is 1. The number of Topliss-reactive ketones (excluding diaryl/α,β-unsaturated/α-hetero) is 1. The Morgan fingerprint density at radius 3 is 2.35 bits per heavy atom. The molecular weight excluding hydrogens is 432 g/mol. The molecule has 1 N–H and O–H groups in total. The first kappa shape index (κ1) is 23.2. The molecule has 0 radical (unpaired) electrons. The average Bonchev–Trinajstić information content (AvgIpc) is 3.07. The summed E-state index contributed by atoms with van der Waals surface area (Å²) in [5, 5.41) is 13.1. The molecule has 1 atom stereocenters. The highest BCUT2D eigenvalue weighted by molar-refractivity contribution is 6.46. The Morgan fingerprint density at radius 2 is 1.68 bits per heavy atom. The van der Waals surface area contributed by atoms with Crippen LogP contribution in [0.5, 0.6) is 5.75 Å². The van der Waals surface area contributed by atoms with Crippen LogP contribution in [0, 0.1) is 0 Å². The SMILES string of the molecule is CC(=O)Oc1ccc(C2/C(=C(/O)c3cccc4ccccc34)C(=O)C(=O)N2CCN(C)C)cc1. The number of amides is 1. The summed E-state index contributed by atoms with van der Waals surface area (Å²) in [6.45, 7) is 2.16. The Hall–Kier alpha value is -3.97. The minimum Gasteiger partial charge on any atom is -0.507 e. The van der Waals surface area contributed by atoms with Crippen molar-refractivity contribution in [3.05, 3.63) is 83.4 Å². The smallest absolute Gasteiger partial charge is 0.308 e. The van der Waals surface area contributed by atoms with E-state index < -0.39 is 23.7 Å². The van der Waals surface area contributed by atoms with Gasteiger partial charge in [0.15, 0.2) is 0 Å². The number of hydrogen-bond donors (Lipinski definition) is 1. The molecule has 1 aliphatic heterocycles. The van der Waals surface area contributed by atoms with Crippen molar-refractivity contribution in [2.24, 2.45) is 0 Å². The number of ether oxygens (including phenoxy) is 1. The van der Waals surface area contributed by atoms with Crippen molar-refractivity contribution in [1.29, 1.82) is 0 Å². The van der Waals surface area contributed by atoms with Gasteiger partial charge in [0.25, 0.3) is 11.7 Å². The van der Waals surface area contributed by atoms with Crippen molar-refractivity contribution in [3.8, 4) is 5.75 Å². The number of esters is 1. The zero-order valence-electron chi connectivity index (χ0n) is 19.3. The van der Waals surface area contributed by atoms with Crippen molar-refractivity contribution in [2.45, 2.75) is 13.0 Å². The van der Waals surface area contributed by atoms with E-state index >= 15 is 0 Å². The van der Waals surface area contributed by atoms with Gasteiger partial charge < -0.3 is 19.6 Å². The van der Waals surface area contributed by atoms with Crippen LogP contribution in [0.2, 0.25) is 0 Å². The first-order valence-corrected chi connectivity index (χ1v) is 11.0. The minimum absolute atomic E-state index is 0.0420. The van der Waals surface area contributed by atoms with Gasteiger partial charge in [0.05, 0.1) is 11.6 Å². The van der Waals surface area contributed by atoms with Gasteiger partial charge in [-0.25, -0.2) is 0 Å². The van der Waals surface area contributed by atoms with Gasteiger partial charge in [0.2, 0.25) is 0 Å². The first-order chi connectivity index (χ1) is 16.3. The summed E-state index contributed by atoms with van der Waals surface area (Å²) in [6, 6.07) is 18.9. The van der Waals surface area contributed by atoms with E-state index in [-0.39, 0.29) is 11.3 Å². The maximum atomic E-state index is 13.2. The van der Waals surface area contributed by atoms with Gasteiger partial charge in [-0.2, -0.15) is 0 Å². The molecule has 4 rings (SSSR count). The summed E-state index contributed by atoms with van der Waals surface area (Å²) in [5.74, 6) is -1.68. The third-order valence-electron chi connectivity index (χ3n) is 5.83. The number of ketones is 1. The van der Waals surface area contributed by atoms with Crippen LogP contribution in [0.25, 0.3) is 16.5 Å². The maximum absolute atomic E-state index is 13.2. The lowest BCUT2D eigenvalue weighted by molar-refractivity contribution is -0.140. The predicted molar refractivity (Wildman–Crippen MR) is 129 cm³/mol. The zero-order valence-corrected chi connectivity index (χ0v) is 19.3. The molecule has 1 unspecified atom stereocenters. The van der Waals surface area contributed by atoms with Gasteiger partial charge in [0.1, 0.15) is 11.5 Å². The van der Waals surface area contributed by atoms with E-state index in [9.17, 15) is 19.5 Å². The van der Waals surface area contributed by atoms with E-state index in [0.29, 0.717) is 30.0 Å². The van der Waals surface area contributed by atoms with Gasteiger partial charge >= 0.3 is 5.97 Å². The van der Waals surface area contributed by atoms with E-state index in [1.54, 1.807) is 30.3 Å². The second-order valence-corrected chi connectivity index (χ2v) is 8.49. The number of hydrogen-bond acceptors (Lipinski definition) is 6. The number of carbonyl (C=O) groups excluding carboxylic acids is 3. The van der Waals surface area contributed by atoms with Crippen LogP contribution in [0.15, 0.2) is 72.3 Å². The van der Waals surface area contributed by atoms with Crippen molar-refractivity contribution in [1.82, 2.24) is 9.80 Å². The molecule has 0 bridgehead atoms. The molecule has 0 spiro atoms. The molecule has 1 fully saturated rings. The van der Waals surface area contributed by atoms with Crippen LogP contribution in [0.4, 0.5) is 0 Å². The van der Waals surface area contributed by atoms with Crippen molar-refractivity contribution in [2.75, 3.05) is 27.2 Å². The normalized spacial score (nSPS) is 17.5. The van der Waals surface area contributed by atoms with Crippen molar-refractivity contribution < 1.29 is 24.2 Å². The quantitative estimate of drug-likeness (QED) is 0.199. The fraction of sp³-hybridized carbons (Fsp3) is 0.222. The number of carbonyl (C=O) groups is 3. The summed E-state index contributed by atoms with van der Waals surface area (Å²) in [5.41, 5.74) is 1.17. The summed E-state index contributed by atoms with van der Waals surface area (Å²) < 4.78 is 5.12. The molecular formula is C27H26N2O5. The molecule has 1 amide bonds. The number of aliphatic hydroxyl groups excluding tert-OH is 1. The molecule has 1 heterocycles. The van der Waals surface area contributed by atoms with E-state index in [1.807, 2.05) is 55.4 Å². The van der Waals surface area contributed by atoms with Crippen LogP contribution in [0.1, 0.15) is 24.1 Å². The van der Waals surface area contributed by atoms with Crippen LogP contribution in [0.3, 0.4) is 0 Å². The average molecular weight is 459 g/mol. The molecule has 3 aromatic carbocycles. The molecule has 3 aromatic rings. The Kier molecular flexibility index (Phi) is 6.47. The molecule has 34 heavy (non-hydrogen) atoms. The third-order valence-corrected chi connectivity index (χ3v) is 5.83. The molecule has 7 nitrogen and oxygen atoms in total. The Balaban J connectivity index is 1.87. The van der Waals surface area contributed by atoms with Crippen LogP contribution < -0.4 is 4.74 Å². The van der Waals surface area contributed by atoms with E-state index in [1.165, 1.54) is 11.8 Å². The molecule has 0 saturated carbocycles. The van der Waals surface area contributed by atoms with E-state index in [2.05, 4.69) is 0 Å². The second-order valence-electron chi connectivity index (χ2n) is 8.49. The first-order valence-electron chi connectivity index (χ1n) is 11.0. The second kappa shape index (κ2) is 9.49. The minimum atomic E-state index is -0.773. The Labute approximate surface area is 197 Å². The molecule has 174 valence electrons. The Bertz CT molecular complexity index is 1290. The zero-order chi connectivity index (χ0) is 24.4. The third kappa shape index (κ3) is 4.43. The highest BCUT2D eigenvalue weighted by Crippen LogP contribution is 2.40. The summed E-state index contributed by atoms with van der Waals surface area (Å²) in [7, 11) is 3.77. The monoisotopic (exact) mass is 458 g/mol. The van der Waals surface area contributed by atoms with E-state index in [0.717, 1.165) is 10.8 Å². The number of rotatable bonds is 6. The highest BCUT2D eigenvalue weighted by Gasteiger charge is 2.46. The van der Waals surface area contributed by atoms with Crippen LogP contribution in [-0.4, -0.2) is 59.8 Å². The Morgan fingerprint density at radius 1 is 1.00 bits per heavy atom. The number of nitrogens with zero attached hydrogens (tertiary/aromatic N) is 2. The largest absolute Gasteiger partial charge is 0.507 e. The lowest BCUT2D eigenvalue weighted by Crippen LogP contribution is -2.35. The molecule has 0 aromatic heterocycles. The topological polar surface area (TPSA) is 87.1 Å². The van der Waals surface area contributed by atoms with Gasteiger partial charge in [-0.05, 0) is 42.6 Å². The standard InChI is InChI=1S/C27H26N2O5/c1-17(30)34-20-13-11-19(12-14-20)24-23(26(32)27(33)29(24)16-15-28(2)3)25(31)22-10-6-8-18-7-4-5-9-21(18)22/h4-14,24,31H,15-16H2,1-3H3/b25-23-. The predicted octanol–water partition coefficient (Wildman–Crippen LogP) is 3.75. The lowest BCUT2D eigenvalue weighted by atomic mass is 9.93. The van der Waals surface area contributed by atoms with Gasteiger partial charge in [-0.3, -0.25) is 14.4 Å². The molecule has 7 heteroatoms. The van der Waals surface area contributed by atoms with Crippen molar-refractivity contribution >= 4 is 34.2 Å². The number of benzene rings is 3. The van der Waals surface area contributed by atoms with Gasteiger partial charge in [0, 0.05) is 25.6 Å². The number of likely N-dealkylation sites (tertiary alicyclic amines) is 1. The maximum Gasteiger partial charge on any atom is 0.308 e. The van der Waals surface area contributed by atoms with Gasteiger partial charge in [-0.1, -0.05) is 54.6 Å². The fourth-order valence-corrected chi connectivity index (χ4v) is 4.23. The molecule has 0 aliphatic carbocycles. The van der Waals surface area contributed by atoms with Gasteiger partial charge in [-0.15, -0.1) is 0 Å². The fourth-order valence-electron chi connectivity index (χ4n) is 4.23. The number of likely N-dealkylation sites (N-methyl/N-ethyl adjacent to an activating group) is 1. The molecule has 1 aliphatic rings. The lowest BCUT2D eigenvalue weighted by Gasteiger charge is -2.26. The van der Waals surface area contributed by atoms with Crippen molar-refractivity contribution in [3.63, 3.8) is 0 Å². The van der Waals surface area contributed by atoms with Crippen LogP contribution in [-0.2, 0) is 14.4 Å². The summed E-state index contributed by atoms with van der Waals surface area (Å²) in [6.07, 6.45) is 0.